The van der Waals surface area contributed by atoms with Gasteiger partial charge in [0.2, 0.25) is 5.91 Å². The molecule has 2 aliphatic rings. The summed E-state index contributed by atoms with van der Waals surface area (Å²) in [6, 6.07) is 9.20. The van der Waals surface area contributed by atoms with Gasteiger partial charge in [-0.1, -0.05) is 30.3 Å². The second-order valence-electron chi connectivity index (χ2n) is 6.21. The minimum Gasteiger partial charge on any atom is -0.341 e. The van der Waals surface area contributed by atoms with Gasteiger partial charge in [-0.3, -0.25) is 4.79 Å². The summed E-state index contributed by atoms with van der Waals surface area (Å²) in [5.41, 5.74) is 7.06. The van der Waals surface area contributed by atoms with E-state index in [0.717, 1.165) is 5.56 Å². The molecule has 2 N–H and O–H groups in total. The quantitative estimate of drug-likeness (QED) is 0.877. The van der Waals surface area contributed by atoms with Crippen LogP contribution < -0.4 is 10.9 Å². The fourth-order valence-corrected chi connectivity index (χ4v) is 3.29. The van der Waals surface area contributed by atoms with Crippen molar-refractivity contribution in [1.29, 1.82) is 0 Å². The van der Waals surface area contributed by atoms with E-state index in [1.807, 2.05) is 30.3 Å². The Bertz CT molecular complexity index is 549. The third kappa shape index (κ3) is 3.67. The number of hydrogen-bond acceptors (Lipinski definition) is 3. The summed E-state index contributed by atoms with van der Waals surface area (Å²) in [7, 11) is 0. The molecule has 126 valence electrons. The number of carbonyl (C=O) groups is 1. The zero-order chi connectivity index (χ0) is 16.4. The van der Waals surface area contributed by atoms with Crippen LogP contribution in [0.4, 0.5) is 13.2 Å². The highest BCUT2D eigenvalue weighted by Crippen LogP contribution is 2.33. The van der Waals surface area contributed by atoms with E-state index in [9.17, 15) is 18.0 Å². The number of nitrogens with one attached hydrogen (secondary N) is 2. The zero-order valence-electron chi connectivity index (χ0n) is 12.6. The lowest BCUT2D eigenvalue weighted by Gasteiger charge is -2.35. The molecule has 2 fully saturated rings. The summed E-state index contributed by atoms with van der Waals surface area (Å²) in [6.45, 7) is 0.177. The number of hydrogen-bond donors (Lipinski definition) is 2. The van der Waals surface area contributed by atoms with Crippen molar-refractivity contribution in [2.24, 2.45) is 5.92 Å². The molecule has 0 spiro atoms. The summed E-state index contributed by atoms with van der Waals surface area (Å²) < 4.78 is 38.6. The maximum absolute atomic E-state index is 12.9. The van der Waals surface area contributed by atoms with E-state index in [2.05, 4.69) is 10.9 Å². The fraction of sp³-hybridized carbons (Fsp3) is 0.562. The SMILES string of the molecule is O=C(C1CC(c2ccccc2)NN1)N1CCCC(C(F)(F)F)C1. The molecule has 4 nitrogen and oxygen atoms in total. The summed E-state index contributed by atoms with van der Waals surface area (Å²) in [4.78, 5) is 13.9. The lowest BCUT2D eigenvalue weighted by Crippen LogP contribution is -2.51. The number of alkyl halides is 3. The molecule has 1 amide bonds. The molecule has 3 rings (SSSR count). The van der Waals surface area contributed by atoms with Crippen molar-refractivity contribution in [3.63, 3.8) is 0 Å². The van der Waals surface area contributed by atoms with Crippen molar-refractivity contribution in [2.45, 2.75) is 37.5 Å². The van der Waals surface area contributed by atoms with E-state index in [0.29, 0.717) is 19.4 Å². The van der Waals surface area contributed by atoms with Crippen LogP contribution in [0.2, 0.25) is 0 Å². The second kappa shape index (κ2) is 6.49. The van der Waals surface area contributed by atoms with Crippen molar-refractivity contribution in [1.82, 2.24) is 15.8 Å². The van der Waals surface area contributed by atoms with Crippen LogP contribution in [0.25, 0.3) is 0 Å². The minimum absolute atomic E-state index is 0.00615. The van der Waals surface area contributed by atoms with Crippen LogP contribution in [0.5, 0.6) is 0 Å². The average molecular weight is 327 g/mol. The molecule has 2 heterocycles. The van der Waals surface area contributed by atoms with E-state index in [1.165, 1.54) is 4.90 Å². The van der Waals surface area contributed by atoms with Crippen molar-refractivity contribution in [2.75, 3.05) is 13.1 Å². The third-order valence-corrected chi connectivity index (χ3v) is 4.60. The Balaban J connectivity index is 1.61. The molecule has 23 heavy (non-hydrogen) atoms. The van der Waals surface area contributed by atoms with Crippen LogP contribution in [0, 0.1) is 5.92 Å². The summed E-state index contributed by atoms with van der Waals surface area (Å²) in [6.07, 6.45) is -3.18. The van der Waals surface area contributed by atoms with Gasteiger partial charge >= 0.3 is 6.18 Å². The molecule has 0 aliphatic carbocycles. The van der Waals surface area contributed by atoms with Crippen LogP contribution in [-0.4, -0.2) is 36.1 Å². The smallest absolute Gasteiger partial charge is 0.341 e. The number of carbonyl (C=O) groups excluding carboxylic acids is 1. The number of benzene rings is 1. The molecule has 3 atom stereocenters. The second-order valence-corrected chi connectivity index (χ2v) is 6.21. The van der Waals surface area contributed by atoms with Gasteiger partial charge in [0.15, 0.2) is 0 Å². The van der Waals surface area contributed by atoms with Crippen molar-refractivity contribution < 1.29 is 18.0 Å². The van der Waals surface area contributed by atoms with E-state index in [4.69, 9.17) is 0 Å². The highest BCUT2D eigenvalue weighted by Gasteiger charge is 2.44. The number of piperidine rings is 1. The number of amides is 1. The van der Waals surface area contributed by atoms with Crippen LogP contribution in [0.1, 0.15) is 30.9 Å². The van der Waals surface area contributed by atoms with Gasteiger partial charge in [0.25, 0.3) is 0 Å². The molecule has 2 aliphatic heterocycles. The van der Waals surface area contributed by atoms with Gasteiger partial charge in [-0.2, -0.15) is 13.2 Å². The van der Waals surface area contributed by atoms with Crippen molar-refractivity contribution in [3.8, 4) is 0 Å². The zero-order valence-corrected chi connectivity index (χ0v) is 12.6. The first-order valence-corrected chi connectivity index (χ1v) is 7.86. The fourth-order valence-electron chi connectivity index (χ4n) is 3.29. The normalized spacial score (nSPS) is 28.8. The minimum atomic E-state index is -4.23. The van der Waals surface area contributed by atoms with Crippen LogP contribution in [0.3, 0.4) is 0 Å². The lowest BCUT2D eigenvalue weighted by molar-refractivity contribution is -0.188. The molecule has 0 radical (unpaired) electrons. The van der Waals surface area contributed by atoms with E-state index < -0.39 is 18.1 Å². The van der Waals surface area contributed by atoms with E-state index in [1.54, 1.807) is 0 Å². The Hall–Kier alpha value is -1.60. The number of likely N-dealkylation sites (tertiary alicyclic amines) is 1. The average Bonchev–Trinajstić information content (AvgIpc) is 3.04. The first-order valence-electron chi connectivity index (χ1n) is 7.86. The van der Waals surface area contributed by atoms with Crippen LogP contribution in [0.15, 0.2) is 30.3 Å². The van der Waals surface area contributed by atoms with Crippen LogP contribution in [-0.2, 0) is 4.79 Å². The molecule has 2 saturated heterocycles. The largest absolute Gasteiger partial charge is 0.393 e. The van der Waals surface area contributed by atoms with Gasteiger partial charge in [-0.25, -0.2) is 10.9 Å². The predicted molar refractivity (Wildman–Crippen MR) is 79.2 cm³/mol. The molecule has 7 heteroatoms. The maximum Gasteiger partial charge on any atom is 0.393 e. The topological polar surface area (TPSA) is 44.4 Å². The van der Waals surface area contributed by atoms with Crippen LogP contribution >= 0.6 is 0 Å². The molecule has 0 bridgehead atoms. The highest BCUT2D eigenvalue weighted by molar-refractivity contribution is 5.82. The van der Waals surface area contributed by atoms with Gasteiger partial charge < -0.3 is 4.90 Å². The van der Waals surface area contributed by atoms with E-state index >= 15 is 0 Å². The Labute approximate surface area is 133 Å². The molecular weight excluding hydrogens is 307 g/mol. The monoisotopic (exact) mass is 327 g/mol. The van der Waals surface area contributed by atoms with Gasteiger partial charge in [-0.05, 0) is 24.8 Å². The highest BCUT2D eigenvalue weighted by atomic mass is 19.4. The number of hydrazine groups is 1. The third-order valence-electron chi connectivity index (χ3n) is 4.60. The maximum atomic E-state index is 12.9. The standard InChI is InChI=1S/C16H20F3N3O/c17-16(18,19)12-7-4-8-22(10-12)15(23)14-9-13(20-21-14)11-5-2-1-3-6-11/h1-3,5-6,12-14,20-21H,4,7-10H2. The number of rotatable bonds is 2. The number of nitrogens with zero attached hydrogens (tertiary/aromatic N) is 1. The Kier molecular flexibility index (Phi) is 4.59. The predicted octanol–water partition coefficient (Wildman–Crippen LogP) is 2.40. The van der Waals surface area contributed by atoms with Crippen molar-refractivity contribution in [3.05, 3.63) is 35.9 Å². The van der Waals surface area contributed by atoms with Gasteiger partial charge in [-0.15, -0.1) is 0 Å². The Morgan fingerprint density at radius 2 is 1.91 bits per heavy atom. The first kappa shape index (κ1) is 16.3. The summed E-state index contributed by atoms with van der Waals surface area (Å²) >= 11 is 0. The molecule has 0 saturated carbocycles. The van der Waals surface area contributed by atoms with Gasteiger partial charge in [0.1, 0.15) is 6.04 Å². The Morgan fingerprint density at radius 3 is 2.61 bits per heavy atom. The summed E-state index contributed by atoms with van der Waals surface area (Å²) in [5, 5.41) is 0. The molecule has 0 aromatic heterocycles. The first-order chi connectivity index (χ1) is 10.9. The van der Waals surface area contributed by atoms with Gasteiger partial charge in [0.05, 0.1) is 5.92 Å². The number of halogens is 3. The molecule has 1 aromatic rings. The Morgan fingerprint density at radius 1 is 1.17 bits per heavy atom. The molecule has 1 aromatic carbocycles. The van der Waals surface area contributed by atoms with Gasteiger partial charge in [0, 0.05) is 19.1 Å². The van der Waals surface area contributed by atoms with Crippen molar-refractivity contribution >= 4 is 5.91 Å². The molecule has 3 unspecified atom stereocenters. The van der Waals surface area contributed by atoms with E-state index in [-0.39, 0.29) is 24.9 Å². The lowest BCUT2D eigenvalue weighted by atomic mass is 9.96. The molecular formula is C16H20F3N3O. The summed E-state index contributed by atoms with van der Waals surface area (Å²) in [5.74, 6) is -1.65.